The van der Waals surface area contributed by atoms with Crippen LogP contribution in [0.4, 0.5) is 0 Å². The van der Waals surface area contributed by atoms with Crippen LogP contribution in [0.1, 0.15) is 20.3 Å². The van der Waals surface area contributed by atoms with Crippen molar-refractivity contribution in [3.63, 3.8) is 0 Å². The number of rotatable bonds is 1. The molecule has 0 radical (unpaired) electrons. The minimum absolute atomic E-state index is 0.00463. The quantitative estimate of drug-likeness (QED) is 0.387. The third-order valence-corrected chi connectivity index (χ3v) is 2.83. The first kappa shape index (κ1) is 8.45. The lowest BCUT2D eigenvalue weighted by molar-refractivity contribution is -0.140. The summed E-state index contributed by atoms with van der Waals surface area (Å²) in [6, 6.07) is 0.0361. The van der Waals surface area contributed by atoms with Gasteiger partial charge in [0, 0.05) is 28.2 Å². The molecule has 0 aromatic carbocycles. The maximum atomic E-state index is 11.3. The number of nitrogens with zero attached hydrogens (tertiary/aromatic N) is 1. The van der Waals surface area contributed by atoms with Crippen LogP contribution in [0, 0.1) is 0 Å². The van der Waals surface area contributed by atoms with Crippen molar-refractivity contribution < 1.29 is 9.59 Å². The largest absolute Gasteiger partial charge is 0.280 e. The van der Waals surface area contributed by atoms with E-state index < -0.39 is 0 Å². The van der Waals surface area contributed by atoms with E-state index in [1.165, 1.54) is 4.90 Å². The zero-order valence-electron chi connectivity index (χ0n) is 7.13. The highest BCUT2D eigenvalue weighted by Gasteiger charge is 2.36. The summed E-state index contributed by atoms with van der Waals surface area (Å²) in [6.07, 6.45) is 0.448. The molecule has 11 heavy (non-hydrogen) atoms. The highest BCUT2D eigenvalue weighted by molar-refractivity contribution is 6.29. The third kappa shape index (κ3) is 1.35. The standard InChI is InChI=1S/C7H13NO2Si/c1-4(2)8-6(9)3-5(11)7(8)10/h4-5H,3H2,1-2,11H3. The third-order valence-electron chi connectivity index (χ3n) is 1.92. The van der Waals surface area contributed by atoms with Crippen molar-refractivity contribution in [1.82, 2.24) is 4.90 Å². The topological polar surface area (TPSA) is 37.4 Å². The minimum Gasteiger partial charge on any atom is -0.280 e. The zero-order valence-corrected chi connectivity index (χ0v) is 9.13. The summed E-state index contributed by atoms with van der Waals surface area (Å²) in [5, 5.41) is 0. The van der Waals surface area contributed by atoms with Crippen LogP contribution in [0.2, 0.25) is 5.54 Å². The van der Waals surface area contributed by atoms with E-state index in [2.05, 4.69) is 0 Å². The minimum atomic E-state index is 0.00463. The number of hydrogen-bond acceptors (Lipinski definition) is 2. The molecule has 0 bridgehead atoms. The van der Waals surface area contributed by atoms with E-state index in [4.69, 9.17) is 0 Å². The van der Waals surface area contributed by atoms with Crippen LogP contribution in [0.5, 0.6) is 0 Å². The SMILES string of the molecule is CC(C)N1C(=O)CC([SiH3])C1=O. The molecular formula is C7H13NO2Si. The Morgan fingerprint density at radius 2 is 2.09 bits per heavy atom. The number of amides is 2. The van der Waals surface area contributed by atoms with E-state index in [0.29, 0.717) is 6.42 Å². The first-order valence-corrected chi connectivity index (χ1v) is 5.05. The Morgan fingerprint density at radius 1 is 1.55 bits per heavy atom. The van der Waals surface area contributed by atoms with Crippen LogP contribution in [0.15, 0.2) is 0 Å². The summed E-state index contributed by atoms with van der Waals surface area (Å²) < 4.78 is 0. The van der Waals surface area contributed by atoms with E-state index in [1.807, 2.05) is 13.8 Å². The summed E-state index contributed by atoms with van der Waals surface area (Å²) >= 11 is 0. The molecule has 1 aliphatic rings. The van der Waals surface area contributed by atoms with E-state index >= 15 is 0 Å². The molecule has 1 heterocycles. The molecule has 3 nitrogen and oxygen atoms in total. The molecule has 62 valence electrons. The maximum Gasteiger partial charge on any atom is 0.229 e. The average molecular weight is 171 g/mol. The molecular weight excluding hydrogens is 158 g/mol. The molecule has 0 N–H and O–H groups in total. The molecule has 2 amide bonds. The van der Waals surface area contributed by atoms with Gasteiger partial charge in [-0.1, -0.05) is 0 Å². The Hall–Kier alpha value is -0.643. The fraction of sp³-hybridized carbons (Fsp3) is 0.714. The van der Waals surface area contributed by atoms with Crippen molar-refractivity contribution in [2.75, 3.05) is 0 Å². The second-order valence-corrected chi connectivity index (χ2v) is 4.69. The van der Waals surface area contributed by atoms with Crippen LogP contribution in [0.25, 0.3) is 0 Å². The van der Waals surface area contributed by atoms with Gasteiger partial charge >= 0.3 is 0 Å². The Labute approximate surface area is 69.2 Å². The average Bonchev–Trinajstić information content (AvgIpc) is 2.07. The molecule has 0 aromatic heterocycles. The second-order valence-electron chi connectivity index (χ2n) is 3.30. The molecule has 1 unspecified atom stereocenters. The maximum absolute atomic E-state index is 11.3. The number of carbonyl (C=O) groups is 2. The van der Waals surface area contributed by atoms with Crippen LogP contribution >= 0.6 is 0 Å². The molecule has 0 spiro atoms. The summed E-state index contributed by atoms with van der Waals surface area (Å²) in [7, 11) is 0.797. The summed E-state index contributed by atoms with van der Waals surface area (Å²) in [5.41, 5.74) is 0.0323. The Kier molecular flexibility index (Phi) is 2.13. The number of carbonyl (C=O) groups excluding carboxylic acids is 2. The normalized spacial score (nSPS) is 25.7. The highest BCUT2D eigenvalue weighted by atomic mass is 28.1. The van der Waals surface area contributed by atoms with Gasteiger partial charge in [-0.05, 0) is 13.8 Å². The van der Waals surface area contributed by atoms with Gasteiger partial charge in [-0.2, -0.15) is 0 Å². The predicted octanol–water partition coefficient (Wildman–Crippen LogP) is -0.692. The van der Waals surface area contributed by atoms with Crippen molar-refractivity contribution in [3.05, 3.63) is 0 Å². The summed E-state index contributed by atoms with van der Waals surface area (Å²) in [4.78, 5) is 23.8. The zero-order chi connectivity index (χ0) is 8.59. The Balaban J connectivity index is 2.80. The van der Waals surface area contributed by atoms with Crippen molar-refractivity contribution in [2.45, 2.75) is 31.9 Å². The van der Waals surface area contributed by atoms with Crippen molar-refractivity contribution in [3.8, 4) is 0 Å². The van der Waals surface area contributed by atoms with E-state index in [-0.39, 0.29) is 23.4 Å². The van der Waals surface area contributed by atoms with Gasteiger partial charge in [0.15, 0.2) is 0 Å². The van der Waals surface area contributed by atoms with Gasteiger partial charge in [0.2, 0.25) is 11.8 Å². The van der Waals surface area contributed by atoms with Gasteiger partial charge in [-0.25, -0.2) is 0 Å². The molecule has 1 atom stereocenters. The van der Waals surface area contributed by atoms with Gasteiger partial charge in [-0.3, -0.25) is 14.5 Å². The lowest BCUT2D eigenvalue weighted by Crippen LogP contribution is -2.36. The molecule has 4 heteroatoms. The number of hydrogen-bond donors (Lipinski definition) is 0. The molecule has 0 saturated carbocycles. The fourth-order valence-electron chi connectivity index (χ4n) is 1.35. The van der Waals surface area contributed by atoms with Crippen molar-refractivity contribution in [2.24, 2.45) is 0 Å². The van der Waals surface area contributed by atoms with Gasteiger partial charge in [-0.15, -0.1) is 0 Å². The summed E-state index contributed by atoms with van der Waals surface area (Å²) in [5.74, 6) is 0.0432. The van der Waals surface area contributed by atoms with Crippen molar-refractivity contribution in [1.29, 1.82) is 0 Å². The summed E-state index contributed by atoms with van der Waals surface area (Å²) in [6.45, 7) is 3.74. The van der Waals surface area contributed by atoms with Gasteiger partial charge in [0.1, 0.15) is 0 Å². The monoisotopic (exact) mass is 171 g/mol. The van der Waals surface area contributed by atoms with E-state index in [9.17, 15) is 9.59 Å². The molecule has 0 aliphatic carbocycles. The molecule has 1 aliphatic heterocycles. The highest BCUT2D eigenvalue weighted by Crippen LogP contribution is 2.23. The van der Waals surface area contributed by atoms with Gasteiger partial charge in [0.25, 0.3) is 0 Å². The lowest BCUT2D eigenvalue weighted by atomic mass is 10.3. The molecule has 1 fully saturated rings. The smallest absolute Gasteiger partial charge is 0.229 e. The van der Waals surface area contributed by atoms with Gasteiger partial charge < -0.3 is 0 Å². The number of imide groups is 1. The van der Waals surface area contributed by atoms with E-state index in [0.717, 1.165) is 10.2 Å². The molecule has 0 aromatic rings. The first-order valence-electron chi connectivity index (χ1n) is 3.90. The molecule has 1 rings (SSSR count). The van der Waals surface area contributed by atoms with Crippen LogP contribution in [-0.2, 0) is 9.59 Å². The van der Waals surface area contributed by atoms with Crippen LogP contribution in [-0.4, -0.2) is 33.0 Å². The van der Waals surface area contributed by atoms with Crippen molar-refractivity contribution >= 4 is 22.1 Å². The second kappa shape index (κ2) is 2.77. The predicted molar refractivity (Wildman–Crippen MR) is 45.3 cm³/mol. The number of likely N-dealkylation sites (tertiary alicyclic amines) is 1. The van der Waals surface area contributed by atoms with Crippen LogP contribution in [0.3, 0.4) is 0 Å². The Morgan fingerprint density at radius 3 is 2.27 bits per heavy atom. The van der Waals surface area contributed by atoms with Crippen LogP contribution < -0.4 is 0 Å². The van der Waals surface area contributed by atoms with E-state index in [1.54, 1.807) is 0 Å². The Bertz CT molecular complexity index is 203. The van der Waals surface area contributed by atoms with Gasteiger partial charge in [0.05, 0.1) is 0 Å². The lowest BCUT2D eigenvalue weighted by Gasteiger charge is -2.18. The first-order chi connectivity index (χ1) is 5.04. The molecule has 1 saturated heterocycles. The fourth-order valence-corrected chi connectivity index (χ4v) is 1.98.